The molecular weight excluding hydrogens is 388 g/mol. The fourth-order valence-electron chi connectivity index (χ4n) is 4.03. The summed E-state index contributed by atoms with van der Waals surface area (Å²) >= 11 is 0. The molecule has 31 heavy (non-hydrogen) atoms. The van der Waals surface area contributed by atoms with Crippen molar-refractivity contribution in [1.82, 2.24) is 0 Å². The van der Waals surface area contributed by atoms with Gasteiger partial charge in [0.25, 0.3) is 0 Å². The van der Waals surface area contributed by atoms with Crippen LogP contribution in [0.5, 0.6) is 0 Å². The zero-order valence-corrected chi connectivity index (χ0v) is 21.1. The summed E-state index contributed by atoms with van der Waals surface area (Å²) in [6.07, 6.45) is 24.4. The lowest BCUT2D eigenvalue weighted by Crippen LogP contribution is -2.29. The Morgan fingerprint density at radius 1 is 0.677 bits per heavy atom. The highest BCUT2D eigenvalue weighted by Gasteiger charge is 2.21. The lowest BCUT2D eigenvalue weighted by Gasteiger charge is -2.21. The molecule has 0 aromatic carbocycles. The number of rotatable bonds is 23. The molecule has 0 aliphatic rings. The minimum absolute atomic E-state index is 0.0396. The molecule has 0 saturated carbocycles. The first-order chi connectivity index (χ1) is 14.8. The summed E-state index contributed by atoms with van der Waals surface area (Å²) < 4.78 is 4.92. The van der Waals surface area contributed by atoms with Gasteiger partial charge < -0.3 is 14.9 Å². The van der Waals surface area contributed by atoms with E-state index in [2.05, 4.69) is 6.92 Å². The Labute approximate surface area is 193 Å². The van der Waals surface area contributed by atoms with Crippen LogP contribution in [-0.4, -0.2) is 28.1 Å². The Balaban J connectivity index is 3.22. The maximum absolute atomic E-state index is 11.7. The fourth-order valence-corrected chi connectivity index (χ4v) is 4.03. The Hall–Kier alpha value is -0.610. The standard InChI is InChI=1S/C27H54O4/c1-4-5-6-7-8-9-10-11-12-13-14-15-16-17-18-19-20-21-22-23-25(28)31-26(29)24-27(2,3)30/h26,29-30H,4-24H2,1-3H3. The minimum Gasteiger partial charge on any atom is -0.436 e. The van der Waals surface area contributed by atoms with E-state index in [-0.39, 0.29) is 12.4 Å². The van der Waals surface area contributed by atoms with E-state index >= 15 is 0 Å². The number of carbonyl (C=O) groups is 1. The van der Waals surface area contributed by atoms with Gasteiger partial charge in [0, 0.05) is 12.8 Å². The third kappa shape index (κ3) is 25.5. The van der Waals surface area contributed by atoms with Crippen molar-refractivity contribution in [3.8, 4) is 0 Å². The van der Waals surface area contributed by atoms with Crippen molar-refractivity contribution < 1.29 is 19.7 Å². The normalized spacial score (nSPS) is 12.8. The Morgan fingerprint density at radius 2 is 1.00 bits per heavy atom. The molecule has 0 bridgehead atoms. The number of unbranched alkanes of at least 4 members (excludes halogenated alkanes) is 18. The minimum atomic E-state index is -1.21. The molecule has 1 unspecified atom stereocenters. The van der Waals surface area contributed by atoms with Gasteiger partial charge in [-0.25, -0.2) is 0 Å². The van der Waals surface area contributed by atoms with Crippen LogP contribution in [0.3, 0.4) is 0 Å². The molecule has 0 aromatic rings. The van der Waals surface area contributed by atoms with E-state index in [1.807, 2.05) is 0 Å². The molecule has 4 heteroatoms. The van der Waals surface area contributed by atoms with Gasteiger partial charge in [-0.1, -0.05) is 122 Å². The van der Waals surface area contributed by atoms with Gasteiger partial charge in [0.05, 0.1) is 5.60 Å². The summed E-state index contributed by atoms with van der Waals surface area (Å²) in [6, 6.07) is 0. The zero-order valence-electron chi connectivity index (χ0n) is 21.1. The van der Waals surface area contributed by atoms with E-state index in [9.17, 15) is 15.0 Å². The maximum Gasteiger partial charge on any atom is 0.308 e. The number of aliphatic hydroxyl groups excluding tert-OH is 1. The van der Waals surface area contributed by atoms with Gasteiger partial charge in [-0.3, -0.25) is 4.79 Å². The number of hydrogen-bond acceptors (Lipinski definition) is 4. The van der Waals surface area contributed by atoms with Gasteiger partial charge in [-0.05, 0) is 20.3 Å². The molecule has 0 heterocycles. The smallest absolute Gasteiger partial charge is 0.308 e. The van der Waals surface area contributed by atoms with Gasteiger partial charge in [0.15, 0.2) is 0 Å². The second-order valence-electron chi connectivity index (χ2n) is 10.1. The highest BCUT2D eigenvalue weighted by atomic mass is 16.6. The topological polar surface area (TPSA) is 66.8 Å². The van der Waals surface area contributed by atoms with Gasteiger partial charge in [0.1, 0.15) is 0 Å². The molecule has 0 fully saturated rings. The average molecular weight is 443 g/mol. The largest absolute Gasteiger partial charge is 0.436 e. The van der Waals surface area contributed by atoms with Crippen molar-refractivity contribution >= 4 is 5.97 Å². The molecule has 1 atom stereocenters. The van der Waals surface area contributed by atoms with Gasteiger partial charge in [-0.15, -0.1) is 0 Å². The molecule has 0 spiro atoms. The van der Waals surface area contributed by atoms with Crippen LogP contribution in [0.25, 0.3) is 0 Å². The van der Waals surface area contributed by atoms with Crippen molar-refractivity contribution in [2.75, 3.05) is 0 Å². The van der Waals surface area contributed by atoms with Crippen LogP contribution < -0.4 is 0 Å². The van der Waals surface area contributed by atoms with Crippen LogP contribution in [0.2, 0.25) is 0 Å². The molecule has 0 saturated heterocycles. The number of aliphatic hydroxyl groups is 2. The van der Waals surface area contributed by atoms with Crippen molar-refractivity contribution in [2.45, 2.75) is 167 Å². The quantitative estimate of drug-likeness (QED) is 0.0961. The van der Waals surface area contributed by atoms with Crippen LogP contribution in [0.15, 0.2) is 0 Å². The van der Waals surface area contributed by atoms with E-state index in [0.29, 0.717) is 6.42 Å². The predicted molar refractivity (Wildman–Crippen MR) is 131 cm³/mol. The van der Waals surface area contributed by atoms with Crippen molar-refractivity contribution in [1.29, 1.82) is 0 Å². The Bertz CT molecular complexity index is 389. The van der Waals surface area contributed by atoms with Crippen LogP contribution in [-0.2, 0) is 9.53 Å². The summed E-state index contributed by atoms with van der Waals surface area (Å²) in [5.74, 6) is -0.372. The number of ether oxygens (including phenoxy) is 1. The van der Waals surface area contributed by atoms with E-state index in [0.717, 1.165) is 19.3 Å². The van der Waals surface area contributed by atoms with Crippen LogP contribution in [0.4, 0.5) is 0 Å². The molecule has 0 aliphatic carbocycles. The molecular formula is C27H54O4. The van der Waals surface area contributed by atoms with Crippen LogP contribution in [0.1, 0.15) is 156 Å². The maximum atomic E-state index is 11.7. The van der Waals surface area contributed by atoms with Crippen molar-refractivity contribution in [3.05, 3.63) is 0 Å². The third-order valence-corrected chi connectivity index (χ3v) is 5.93. The highest BCUT2D eigenvalue weighted by molar-refractivity contribution is 5.69. The van der Waals surface area contributed by atoms with E-state index in [1.165, 1.54) is 103 Å². The number of hydrogen-bond donors (Lipinski definition) is 2. The SMILES string of the molecule is CCCCCCCCCCCCCCCCCCCCCC(=O)OC(O)CC(C)(C)O. The van der Waals surface area contributed by atoms with E-state index < -0.39 is 11.9 Å². The molecule has 0 rings (SSSR count). The predicted octanol–water partition coefficient (Wildman–Crippen LogP) is 7.83. The first-order valence-electron chi connectivity index (χ1n) is 13.4. The van der Waals surface area contributed by atoms with Crippen LogP contribution >= 0.6 is 0 Å². The molecule has 186 valence electrons. The third-order valence-electron chi connectivity index (χ3n) is 5.93. The number of carbonyl (C=O) groups excluding carboxylic acids is 1. The summed E-state index contributed by atoms with van der Waals surface area (Å²) in [5, 5.41) is 19.2. The Morgan fingerprint density at radius 3 is 1.32 bits per heavy atom. The van der Waals surface area contributed by atoms with Crippen LogP contribution in [0, 0.1) is 0 Å². The lowest BCUT2D eigenvalue weighted by molar-refractivity contribution is -0.175. The summed E-state index contributed by atoms with van der Waals surface area (Å²) in [6.45, 7) is 5.45. The van der Waals surface area contributed by atoms with Crippen molar-refractivity contribution in [3.63, 3.8) is 0 Å². The van der Waals surface area contributed by atoms with Crippen molar-refractivity contribution in [2.24, 2.45) is 0 Å². The fraction of sp³-hybridized carbons (Fsp3) is 0.963. The molecule has 0 aromatic heterocycles. The first-order valence-corrected chi connectivity index (χ1v) is 13.4. The average Bonchev–Trinajstić information content (AvgIpc) is 2.68. The lowest BCUT2D eigenvalue weighted by atomic mass is 10.0. The van der Waals surface area contributed by atoms with Gasteiger partial charge in [0.2, 0.25) is 6.29 Å². The highest BCUT2D eigenvalue weighted by Crippen LogP contribution is 2.16. The Kier molecular flexibility index (Phi) is 20.8. The molecule has 0 aliphatic heterocycles. The summed E-state index contributed by atoms with van der Waals surface area (Å²) in [7, 11) is 0. The second kappa shape index (κ2) is 21.2. The number of esters is 1. The molecule has 0 amide bonds. The zero-order chi connectivity index (χ0) is 23.2. The van der Waals surface area contributed by atoms with Gasteiger partial charge >= 0.3 is 5.97 Å². The van der Waals surface area contributed by atoms with Gasteiger partial charge in [-0.2, -0.15) is 0 Å². The second-order valence-corrected chi connectivity index (χ2v) is 10.1. The van der Waals surface area contributed by atoms with E-state index in [1.54, 1.807) is 13.8 Å². The molecule has 4 nitrogen and oxygen atoms in total. The monoisotopic (exact) mass is 442 g/mol. The van der Waals surface area contributed by atoms with E-state index in [4.69, 9.17) is 4.74 Å². The summed E-state index contributed by atoms with van der Waals surface area (Å²) in [4.78, 5) is 11.7. The summed E-state index contributed by atoms with van der Waals surface area (Å²) in [5.41, 5.74) is -1.03. The first kappa shape index (κ1) is 30.4. The molecule has 2 N–H and O–H groups in total. The molecule has 0 radical (unpaired) electrons.